The summed E-state index contributed by atoms with van der Waals surface area (Å²) in [5.41, 5.74) is 7.75. The zero-order valence-electron chi connectivity index (χ0n) is 15.9. The second-order valence-electron chi connectivity index (χ2n) is 6.38. The van der Waals surface area contributed by atoms with Crippen molar-refractivity contribution in [1.29, 1.82) is 0 Å². The van der Waals surface area contributed by atoms with Gasteiger partial charge >= 0.3 is 0 Å². The summed E-state index contributed by atoms with van der Waals surface area (Å²) in [6.07, 6.45) is 2.45. The van der Waals surface area contributed by atoms with Crippen molar-refractivity contribution in [3.63, 3.8) is 0 Å². The molecule has 0 aromatic carbocycles. The summed E-state index contributed by atoms with van der Waals surface area (Å²) >= 11 is 1.34. The van der Waals surface area contributed by atoms with Crippen LogP contribution in [-0.4, -0.2) is 60.4 Å². The van der Waals surface area contributed by atoms with Crippen molar-refractivity contribution < 1.29 is 9.59 Å². The van der Waals surface area contributed by atoms with E-state index < -0.39 is 0 Å². The van der Waals surface area contributed by atoms with E-state index in [0.717, 1.165) is 44.1 Å². The molecule has 4 N–H and O–H groups in total. The highest BCUT2D eigenvalue weighted by molar-refractivity contribution is 14.0. The number of guanidine groups is 1. The lowest BCUT2D eigenvalue weighted by molar-refractivity contribution is -0.119. The Balaban J connectivity index is 0.00000364. The molecule has 1 saturated heterocycles. The minimum absolute atomic E-state index is 0. The van der Waals surface area contributed by atoms with Gasteiger partial charge in [-0.1, -0.05) is 0 Å². The van der Waals surface area contributed by atoms with Crippen LogP contribution in [0.2, 0.25) is 0 Å². The maximum absolute atomic E-state index is 12.1. The fraction of sp³-hybridized carbons (Fsp3) is 0.647. The number of thiazole rings is 1. The van der Waals surface area contributed by atoms with Crippen LogP contribution in [0.5, 0.6) is 0 Å². The first-order valence-electron chi connectivity index (χ1n) is 9.01. The predicted octanol–water partition coefficient (Wildman–Crippen LogP) is 1.35. The summed E-state index contributed by atoms with van der Waals surface area (Å²) in [7, 11) is 0. The van der Waals surface area contributed by atoms with Gasteiger partial charge in [-0.3, -0.25) is 14.6 Å². The van der Waals surface area contributed by atoms with E-state index in [2.05, 4.69) is 25.5 Å². The van der Waals surface area contributed by atoms with Crippen LogP contribution in [0.4, 0.5) is 0 Å². The van der Waals surface area contributed by atoms with Gasteiger partial charge in [0.2, 0.25) is 5.91 Å². The molecule has 2 rings (SSSR count). The summed E-state index contributed by atoms with van der Waals surface area (Å²) in [6, 6.07) is 0. The Hall–Kier alpha value is -1.43. The van der Waals surface area contributed by atoms with Crippen molar-refractivity contribution in [2.75, 3.05) is 32.7 Å². The quantitative estimate of drug-likeness (QED) is 0.223. The maximum atomic E-state index is 12.1. The molecule has 0 bridgehead atoms. The number of amides is 2. The molecule has 0 spiro atoms. The lowest BCUT2D eigenvalue weighted by Crippen LogP contribution is -2.47. The molecular formula is C17H29IN6O2S. The molecule has 1 aliphatic rings. The number of halogens is 1. The molecule has 0 aliphatic carbocycles. The zero-order chi connectivity index (χ0) is 18.9. The number of nitrogens with zero attached hydrogens (tertiary/aromatic N) is 3. The number of likely N-dealkylation sites (tertiary alicyclic amines) is 1. The number of piperidine rings is 1. The molecule has 2 heterocycles. The van der Waals surface area contributed by atoms with Crippen LogP contribution >= 0.6 is 35.3 Å². The molecule has 1 unspecified atom stereocenters. The second-order valence-corrected chi connectivity index (χ2v) is 7.24. The average molecular weight is 508 g/mol. The number of aromatic nitrogens is 1. The third kappa shape index (κ3) is 7.60. The Morgan fingerprint density at radius 1 is 1.44 bits per heavy atom. The fourth-order valence-electron chi connectivity index (χ4n) is 3.07. The van der Waals surface area contributed by atoms with Crippen molar-refractivity contribution in [2.24, 2.45) is 16.6 Å². The Labute approximate surface area is 181 Å². The van der Waals surface area contributed by atoms with Crippen LogP contribution in [0.15, 0.2) is 10.5 Å². The largest absolute Gasteiger partial charge is 0.370 e. The first-order chi connectivity index (χ1) is 12.5. The standard InChI is InChI=1S/C17H28N6O2S.HI/c1-3-19-17(23-8-4-5-13(10-23)9-14(18)24)21-7-6-20-16(25)15-12(2)22-11-26-15;/h11,13H,3-10H2,1-2H3,(H2,18,24)(H,19,21)(H,20,25);1H. The molecule has 8 nitrogen and oxygen atoms in total. The second kappa shape index (κ2) is 12.1. The van der Waals surface area contributed by atoms with Gasteiger partial charge in [-0.05, 0) is 32.6 Å². The van der Waals surface area contributed by atoms with Gasteiger partial charge in [-0.25, -0.2) is 4.98 Å². The van der Waals surface area contributed by atoms with Crippen molar-refractivity contribution in [3.8, 4) is 0 Å². The highest BCUT2D eigenvalue weighted by Gasteiger charge is 2.23. The molecule has 27 heavy (non-hydrogen) atoms. The fourth-order valence-corrected chi connectivity index (χ4v) is 3.78. The smallest absolute Gasteiger partial charge is 0.263 e. The van der Waals surface area contributed by atoms with E-state index in [1.165, 1.54) is 11.3 Å². The summed E-state index contributed by atoms with van der Waals surface area (Å²) < 4.78 is 0. The molecule has 0 radical (unpaired) electrons. The number of nitrogens with two attached hydrogens (primary N) is 1. The number of hydrogen-bond acceptors (Lipinski definition) is 5. The third-order valence-corrected chi connectivity index (χ3v) is 5.18. The van der Waals surface area contributed by atoms with Gasteiger partial charge in [-0.2, -0.15) is 0 Å². The van der Waals surface area contributed by atoms with Gasteiger partial charge in [0.15, 0.2) is 5.96 Å². The first-order valence-corrected chi connectivity index (χ1v) is 9.89. The summed E-state index contributed by atoms with van der Waals surface area (Å²) in [5, 5.41) is 6.17. The van der Waals surface area contributed by atoms with E-state index in [-0.39, 0.29) is 41.7 Å². The van der Waals surface area contributed by atoms with Crippen LogP contribution in [0.3, 0.4) is 0 Å². The molecule has 1 aliphatic heterocycles. The predicted molar refractivity (Wildman–Crippen MR) is 119 cm³/mol. The number of primary amides is 1. The lowest BCUT2D eigenvalue weighted by Gasteiger charge is -2.34. The number of aryl methyl sites for hydroxylation is 1. The van der Waals surface area contributed by atoms with Gasteiger partial charge in [0.05, 0.1) is 17.7 Å². The molecule has 1 aromatic rings. The Morgan fingerprint density at radius 2 is 2.22 bits per heavy atom. The lowest BCUT2D eigenvalue weighted by atomic mass is 9.95. The van der Waals surface area contributed by atoms with Crippen LogP contribution in [0.25, 0.3) is 0 Å². The van der Waals surface area contributed by atoms with E-state index in [1.54, 1.807) is 5.51 Å². The van der Waals surface area contributed by atoms with Gasteiger partial charge in [0, 0.05) is 32.6 Å². The number of hydrogen-bond donors (Lipinski definition) is 3. The van der Waals surface area contributed by atoms with Crippen molar-refractivity contribution in [1.82, 2.24) is 20.5 Å². The normalized spacial score (nSPS) is 17.2. The summed E-state index contributed by atoms with van der Waals surface area (Å²) in [6.45, 7) is 7.25. The van der Waals surface area contributed by atoms with E-state index in [9.17, 15) is 9.59 Å². The Kier molecular flexibility index (Phi) is 10.6. The molecule has 1 aromatic heterocycles. The molecule has 152 valence electrons. The number of carbonyl (C=O) groups excluding carboxylic acids is 2. The number of carbonyl (C=O) groups is 2. The molecule has 10 heteroatoms. The summed E-state index contributed by atoms with van der Waals surface area (Å²) in [5.74, 6) is 0.744. The molecule has 1 fully saturated rings. The van der Waals surface area contributed by atoms with E-state index in [0.29, 0.717) is 24.4 Å². The zero-order valence-corrected chi connectivity index (χ0v) is 19.0. The average Bonchev–Trinajstić information content (AvgIpc) is 3.03. The Morgan fingerprint density at radius 3 is 2.85 bits per heavy atom. The monoisotopic (exact) mass is 508 g/mol. The number of aliphatic imine (C=N–C) groups is 1. The number of nitrogens with one attached hydrogen (secondary N) is 2. The number of rotatable bonds is 7. The van der Waals surface area contributed by atoms with Crippen molar-refractivity contribution in [2.45, 2.75) is 33.1 Å². The van der Waals surface area contributed by atoms with Gasteiger partial charge in [0.25, 0.3) is 5.91 Å². The van der Waals surface area contributed by atoms with Crippen LogP contribution in [0, 0.1) is 12.8 Å². The van der Waals surface area contributed by atoms with Gasteiger partial charge in [-0.15, -0.1) is 35.3 Å². The van der Waals surface area contributed by atoms with Gasteiger partial charge in [0.1, 0.15) is 4.88 Å². The third-order valence-electron chi connectivity index (χ3n) is 4.25. The SMILES string of the molecule is CCNC(=NCCNC(=O)c1scnc1C)N1CCCC(CC(N)=O)C1.I. The molecule has 1 atom stereocenters. The van der Waals surface area contributed by atoms with Crippen LogP contribution < -0.4 is 16.4 Å². The highest BCUT2D eigenvalue weighted by Crippen LogP contribution is 2.19. The van der Waals surface area contributed by atoms with E-state index in [4.69, 9.17) is 5.73 Å². The molecule has 0 saturated carbocycles. The van der Waals surface area contributed by atoms with E-state index in [1.807, 2.05) is 13.8 Å². The highest BCUT2D eigenvalue weighted by atomic mass is 127. The Bertz CT molecular complexity index is 651. The first kappa shape index (κ1) is 23.6. The molecule has 2 amide bonds. The summed E-state index contributed by atoms with van der Waals surface area (Å²) in [4.78, 5) is 34.8. The minimum Gasteiger partial charge on any atom is -0.370 e. The maximum Gasteiger partial charge on any atom is 0.263 e. The van der Waals surface area contributed by atoms with Crippen molar-refractivity contribution in [3.05, 3.63) is 16.1 Å². The molecular weight excluding hydrogens is 479 g/mol. The minimum atomic E-state index is -0.250. The van der Waals surface area contributed by atoms with Crippen molar-refractivity contribution >= 4 is 53.1 Å². The van der Waals surface area contributed by atoms with Gasteiger partial charge < -0.3 is 21.3 Å². The van der Waals surface area contributed by atoms with E-state index >= 15 is 0 Å². The van der Waals surface area contributed by atoms with Crippen LogP contribution in [-0.2, 0) is 4.79 Å². The topological polar surface area (TPSA) is 113 Å². The van der Waals surface area contributed by atoms with Crippen LogP contribution in [0.1, 0.15) is 41.6 Å².